The predicted molar refractivity (Wildman–Crippen MR) is 89.0 cm³/mol. The molecule has 0 radical (unpaired) electrons. The summed E-state index contributed by atoms with van der Waals surface area (Å²) in [5, 5.41) is 10.2. The molecule has 124 valence electrons. The lowest BCUT2D eigenvalue weighted by molar-refractivity contribution is 0.174. The van der Waals surface area contributed by atoms with Gasteiger partial charge in [0.1, 0.15) is 0 Å². The molecule has 0 fully saturated rings. The Labute approximate surface area is 140 Å². The molecule has 2 aromatic rings. The third kappa shape index (κ3) is 1.73. The first-order chi connectivity index (χ1) is 11.7. The molecule has 0 spiro atoms. The van der Waals surface area contributed by atoms with Gasteiger partial charge in [-0.25, -0.2) is 0 Å². The van der Waals surface area contributed by atoms with Gasteiger partial charge in [0, 0.05) is 18.2 Å². The second kappa shape index (κ2) is 4.80. The largest absolute Gasteiger partial charge is 0.504 e. The third-order valence-corrected chi connectivity index (χ3v) is 5.48. The maximum Gasteiger partial charge on any atom is 0.231 e. The summed E-state index contributed by atoms with van der Waals surface area (Å²) in [5.41, 5.74) is 5.99. The standard InChI is InChI=1S/C19H19NO4/c1-20-4-3-10-7-16-19(24-9-23-16)18-12-8-15(22-2)14(21)6-11(12)5-13(20)17(10)18/h6-8,13,21H,3-5,9H2,1-2H3/t13-/m1/s1. The van der Waals surface area contributed by atoms with Crippen molar-refractivity contribution in [3.8, 4) is 34.1 Å². The topological polar surface area (TPSA) is 51.2 Å². The molecule has 0 unspecified atom stereocenters. The monoisotopic (exact) mass is 325 g/mol. The van der Waals surface area contributed by atoms with Gasteiger partial charge in [-0.3, -0.25) is 4.90 Å². The molecule has 0 saturated carbocycles. The van der Waals surface area contributed by atoms with Gasteiger partial charge in [-0.05, 0) is 60.3 Å². The number of nitrogens with zero attached hydrogens (tertiary/aromatic N) is 1. The van der Waals surface area contributed by atoms with Crippen LogP contribution < -0.4 is 14.2 Å². The van der Waals surface area contributed by atoms with E-state index in [4.69, 9.17) is 14.2 Å². The lowest BCUT2D eigenvalue weighted by Gasteiger charge is -2.40. The number of fused-ring (bicyclic) bond motifs is 4. The van der Waals surface area contributed by atoms with E-state index in [1.165, 1.54) is 11.1 Å². The Hall–Kier alpha value is -2.40. The summed E-state index contributed by atoms with van der Waals surface area (Å²) in [4.78, 5) is 2.39. The van der Waals surface area contributed by atoms with E-state index in [1.54, 1.807) is 7.11 Å². The van der Waals surface area contributed by atoms with E-state index >= 15 is 0 Å². The number of hydrogen-bond donors (Lipinski definition) is 1. The lowest BCUT2D eigenvalue weighted by atomic mass is 9.76. The summed E-state index contributed by atoms with van der Waals surface area (Å²) >= 11 is 0. The molecule has 5 nitrogen and oxygen atoms in total. The van der Waals surface area contributed by atoms with Gasteiger partial charge in [0.15, 0.2) is 23.0 Å². The first-order valence-electron chi connectivity index (χ1n) is 8.23. The predicted octanol–water partition coefficient (Wildman–Crippen LogP) is 2.88. The number of ether oxygens (including phenoxy) is 3. The van der Waals surface area contributed by atoms with Crippen molar-refractivity contribution in [1.29, 1.82) is 0 Å². The van der Waals surface area contributed by atoms with Crippen molar-refractivity contribution in [1.82, 2.24) is 4.90 Å². The first kappa shape index (κ1) is 14.0. The molecule has 1 aliphatic carbocycles. The summed E-state index contributed by atoms with van der Waals surface area (Å²) in [5.74, 6) is 2.32. The lowest BCUT2D eigenvalue weighted by Crippen LogP contribution is -2.35. The minimum absolute atomic E-state index is 0.183. The Morgan fingerprint density at radius 1 is 1.21 bits per heavy atom. The molecule has 2 heterocycles. The van der Waals surface area contributed by atoms with E-state index in [2.05, 4.69) is 18.0 Å². The minimum atomic E-state index is 0.183. The highest BCUT2D eigenvalue weighted by atomic mass is 16.7. The number of rotatable bonds is 1. The van der Waals surface area contributed by atoms with Crippen molar-refractivity contribution >= 4 is 0 Å². The van der Waals surface area contributed by atoms with E-state index in [-0.39, 0.29) is 12.5 Å². The van der Waals surface area contributed by atoms with Crippen molar-refractivity contribution in [3.05, 3.63) is 34.9 Å². The van der Waals surface area contributed by atoms with Gasteiger partial charge < -0.3 is 19.3 Å². The molecule has 2 aromatic carbocycles. The molecular formula is C19H19NO4. The molecule has 1 atom stereocenters. The zero-order chi connectivity index (χ0) is 16.4. The number of phenolic OH excluding ortho intramolecular Hbond substituents is 1. The number of aromatic hydroxyl groups is 1. The highest BCUT2D eigenvalue weighted by Gasteiger charge is 2.38. The van der Waals surface area contributed by atoms with Crippen LogP contribution in [-0.2, 0) is 12.8 Å². The van der Waals surface area contributed by atoms with Crippen molar-refractivity contribution < 1.29 is 19.3 Å². The fourth-order valence-corrected chi connectivity index (χ4v) is 4.28. The molecule has 3 aliphatic rings. The molecule has 24 heavy (non-hydrogen) atoms. The number of benzene rings is 2. The molecule has 0 saturated heterocycles. The van der Waals surface area contributed by atoms with E-state index in [9.17, 15) is 5.11 Å². The maximum absolute atomic E-state index is 10.2. The number of likely N-dealkylation sites (N-methyl/N-ethyl adjacent to an activating group) is 1. The van der Waals surface area contributed by atoms with Gasteiger partial charge in [0.05, 0.1) is 7.11 Å². The van der Waals surface area contributed by atoms with Gasteiger partial charge in [-0.2, -0.15) is 0 Å². The first-order valence-corrected chi connectivity index (χ1v) is 8.23. The average Bonchev–Trinajstić information content (AvgIpc) is 3.05. The molecular weight excluding hydrogens is 306 g/mol. The summed E-state index contributed by atoms with van der Waals surface area (Å²) in [6.45, 7) is 1.28. The molecule has 5 rings (SSSR count). The van der Waals surface area contributed by atoms with Crippen LogP contribution in [0.15, 0.2) is 18.2 Å². The fourth-order valence-electron chi connectivity index (χ4n) is 4.28. The van der Waals surface area contributed by atoms with Crippen LogP contribution in [0.5, 0.6) is 23.0 Å². The summed E-state index contributed by atoms with van der Waals surface area (Å²) < 4.78 is 16.8. The molecule has 0 bridgehead atoms. The van der Waals surface area contributed by atoms with Crippen molar-refractivity contribution in [2.45, 2.75) is 18.9 Å². The quantitative estimate of drug-likeness (QED) is 0.874. The SMILES string of the molecule is COc1cc2c(cc1O)C[C@@H]1c3c(cc4c(c3-2)OCO4)CCN1C. The summed E-state index contributed by atoms with van der Waals surface area (Å²) in [6.07, 6.45) is 1.89. The molecule has 1 N–H and O–H groups in total. The smallest absolute Gasteiger partial charge is 0.231 e. The average molecular weight is 325 g/mol. The van der Waals surface area contributed by atoms with Crippen LogP contribution in [0.4, 0.5) is 0 Å². The molecule has 0 amide bonds. The van der Waals surface area contributed by atoms with Gasteiger partial charge in [0.2, 0.25) is 6.79 Å². The van der Waals surface area contributed by atoms with Crippen LogP contribution >= 0.6 is 0 Å². The summed E-state index contributed by atoms with van der Waals surface area (Å²) in [7, 11) is 3.74. The second-order valence-corrected chi connectivity index (χ2v) is 6.69. The van der Waals surface area contributed by atoms with Crippen molar-refractivity contribution in [2.24, 2.45) is 0 Å². The van der Waals surface area contributed by atoms with Crippen LogP contribution in [0.3, 0.4) is 0 Å². The molecule has 2 aliphatic heterocycles. The maximum atomic E-state index is 10.2. The van der Waals surface area contributed by atoms with Gasteiger partial charge in [-0.15, -0.1) is 0 Å². The fraction of sp³-hybridized carbons (Fsp3) is 0.368. The molecule has 0 aromatic heterocycles. The number of hydrogen-bond acceptors (Lipinski definition) is 5. The van der Waals surface area contributed by atoms with E-state index in [1.807, 2.05) is 12.1 Å². The Balaban J connectivity index is 1.85. The normalized spacial score (nSPS) is 20.5. The van der Waals surface area contributed by atoms with Crippen LogP contribution in [0.2, 0.25) is 0 Å². The van der Waals surface area contributed by atoms with Crippen LogP contribution in [0.25, 0.3) is 11.1 Å². The Bertz CT molecular complexity index is 861. The van der Waals surface area contributed by atoms with E-state index < -0.39 is 0 Å². The van der Waals surface area contributed by atoms with Gasteiger partial charge >= 0.3 is 0 Å². The van der Waals surface area contributed by atoms with Crippen LogP contribution in [-0.4, -0.2) is 37.5 Å². The highest BCUT2D eigenvalue weighted by Crippen LogP contribution is 2.54. The zero-order valence-electron chi connectivity index (χ0n) is 13.8. The van der Waals surface area contributed by atoms with E-state index in [0.29, 0.717) is 11.8 Å². The Morgan fingerprint density at radius 2 is 2.08 bits per heavy atom. The summed E-state index contributed by atoms with van der Waals surface area (Å²) in [6, 6.07) is 6.20. The van der Waals surface area contributed by atoms with Crippen LogP contribution in [0.1, 0.15) is 22.7 Å². The number of methoxy groups -OCH3 is 1. The Morgan fingerprint density at radius 3 is 2.92 bits per heavy atom. The number of phenols is 1. The second-order valence-electron chi connectivity index (χ2n) is 6.69. The van der Waals surface area contributed by atoms with E-state index in [0.717, 1.165) is 47.6 Å². The van der Waals surface area contributed by atoms with Gasteiger partial charge in [0.25, 0.3) is 0 Å². The van der Waals surface area contributed by atoms with Crippen molar-refractivity contribution in [3.63, 3.8) is 0 Å². The minimum Gasteiger partial charge on any atom is -0.504 e. The Kier molecular flexibility index (Phi) is 2.80. The highest BCUT2D eigenvalue weighted by molar-refractivity contribution is 5.85. The molecule has 5 heteroatoms. The van der Waals surface area contributed by atoms with Crippen molar-refractivity contribution in [2.75, 3.05) is 27.5 Å². The zero-order valence-corrected chi connectivity index (χ0v) is 13.8. The third-order valence-electron chi connectivity index (χ3n) is 5.48. The van der Waals surface area contributed by atoms with Gasteiger partial charge in [-0.1, -0.05) is 0 Å². The van der Waals surface area contributed by atoms with Crippen LogP contribution in [0, 0.1) is 0 Å².